The monoisotopic (exact) mass is 186 g/mol. The zero-order valence-corrected chi connectivity index (χ0v) is 7.85. The predicted octanol–water partition coefficient (Wildman–Crippen LogP) is 1.32. The van der Waals surface area contributed by atoms with Crippen LogP contribution in [0.15, 0.2) is 12.2 Å². The van der Waals surface area contributed by atoms with Crippen LogP contribution in [0.4, 0.5) is 9.18 Å². The van der Waals surface area contributed by atoms with Gasteiger partial charge in [0.1, 0.15) is 6.17 Å². The molecule has 0 aromatic rings. The molecule has 0 saturated carbocycles. The number of nitrogens with one attached hydrogen (secondary N) is 1. The van der Waals surface area contributed by atoms with Crippen molar-refractivity contribution in [1.29, 1.82) is 0 Å². The summed E-state index contributed by atoms with van der Waals surface area (Å²) in [6, 6.07) is -0.171. The summed E-state index contributed by atoms with van der Waals surface area (Å²) in [4.78, 5) is 12.6. The Balaban J connectivity index is 2.08. The summed E-state index contributed by atoms with van der Waals surface area (Å²) in [6.07, 6.45) is -0.0505. The van der Waals surface area contributed by atoms with E-state index >= 15 is 0 Å². The van der Waals surface area contributed by atoms with Crippen LogP contribution in [0.1, 0.15) is 13.3 Å². The Morgan fingerprint density at radius 2 is 2.31 bits per heavy atom. The average molecular weight is 186 g/mol. The molecule has 4 heteroatoms. The highest BCUT2D eigenvalue weighted by atomic mass is 19.1. The van der Waals surface area contributed by atoms with E-state index in [1.807, 2.05) is 6.92 Å². The van der Waals surface area contributed by atoms with Crippen molar-refractivity contribution < 1.29 is 9.18 Å². The van der Waals surface area contributed by atoms with Crippen molar-refractivity contribution >= 4 is 6.03 Å². The van der Waals surface area contributed by atoms with Gasteiger partial charge in [0.05, 0.1) is 13.1 Å². The molecule has 0 bridgehead atoms. The molecule has 0 atom stereocenters. The maximum Gasteiger partial charge on any atom is 0.317 e. The van der Waals surface area contributed by atoms with E-state index < -0.39 is 6.17 Å². The smallest absolute Gasteiger partial charge is 0.317 e. The van der Waals surface area contributed by atoms with E-state index in [0.29, 0.717) is 6.54 Å². The minimum absolute atomic E-state index is 0.171. The first-order chi connectivity index (χ1) is 6.09. The van der Waals surface area contributed by atoms with E-state index in [1.165, 1.54) is 4.90 Å². The standard InChI is InChI=1S/C9H15FN2O/c1-7(2)3-4-11-9(13)12-5-8(10)6-12/h8H,1,3-6H2,2H3,(H,11,13). The van der Waals surface area contributed by atoms with Gasteiger partial charge in [0.25, 0.3) is 0 Å². The van der Waals surface area contributed by atoms with Gasteiger partial charge in [0.2, 0.25) is 0 Å². The Bertz CT molecular complexity index is 212. The van der Waals surface area contributed by atoms with Crippen LogP contribution in [0.5, 0.6) is 0 Å². The molecule has 0 spiro atoms. The largest absolute Gasteiger partial charge is 0.338 e. The number of carbonyl (C=O) groups excluding carboxylic acids is 1. The molecule has 1 fully saturated rings. The van der Waals surface area contributed by atoms with Crippen LogP contribution in [0, 0.1) is 0 Å². The molecule has 3 nitrogen and oxygen atoms in total. The van der Waals surface area contributed by atoms with Gasteiger partial charge < -0.3 is 10.2 Å². The normalized spacial score (nSPS) is 16.6. The van der Waals surface area contributed by atoms with E-state index in [9.17, 15) is 9.18 Å². The number of hydrogen-bond donors (Lipinski definition) is 1. The zero-order chi connectivity index (χ0) is 9.84. The van der Waals surface area contributed by atoms with Gasteiger partial charge in [0, 0.05) is 6.54 Å². The molecule has 1 heterocycles. The molecule has 74 valence electrons. The first-order valence-corrected chi connectivity index (χ1v) is 4.41. The van der Waals surface area contributed by atoms with Crippen molar-refractivity contribution in [3.05, 3.63) is 12.2 Å². The first-order valence-electron chi connectivity index (χ1n) is 4.41. The quantitative estimate of drug-likeness (QED) is 0.662. The summed E-state index contributed by atoms with van der Waals surface area (Å²) in [5, 5.41) is 2.70. The summed E-state index contributed by atoms with van der Waals surface area (Å²) in [6.45, 7) is 6.68. The zero-order valence-electron chi connectivity index (χ0n) is 7.85. The van der Waals surface area contributed by atoms with Gasteiger partial charge in [-0.1, -0.05) is 5.57 Å². The van der Waals surface area contributed by atoms with Crippen LogP contribution in [0.3, 0.4) is 0 Å². The number of hydrogen-bond acceptors (Lipinski definition) is 1. The van der Waals surface area contributed by atoms with Crippen LogP contribution in [-0.2, 0) is 0 Å². The molecule has 0 unspecified atom stereocenters. The topological polar surface area (TPSA) is 32.3 Å². The molecule has 0 aliphatic carbocycles. The molecule has 1 N–H and O–H groups in total. The number of carbonyl (C=O) groups is 1. The van der Waals surface area contributed by atoms with Crippen molar-refractivity contribution in [3.8, 4) is 0 Å². The second-order valence-electron chi connectivity index (χ2n) is 3.44. The van der Waals surface area contributed by atoms with Crippen molar-refractivity contribution in [2.24, 2.45) is 0 Å². The summed E-state index contributed by atoms with van der Waals surface area (Å²) >= 11 is 0. The third-order valence-corrected chi connectivity index (χ3v) is 1.95. The van der Waals surface area contributed by atoms with E-state index in [4.69, 9.17) is 0 Å². The molecular formula is C9H15FN2O. The number of urea groups is 1. The Kier molecular flexibility index (Phi) is 3.28. The van der Waals surface area contributed by atoms with Crippen LogP contribution >= 0.6 is 0 Å². The molecule has 1 saturated heterocycles. The molecule has 1 rings (SSSR count). The SMILES string of the molecule is C=C(C)CCNC(=O)N1CC(F)C1. The Labute approximate surface area is 77.6 Å². The molecule has 1 aliphatic heterocycles. The number of halogens is 1. The molecular weight excluding hydrogens is 171 g/mol. The molecule has 0 aromatic carbocycles. The third-order valence-electron chi connectivity index (χ3n) is 1.95. The van der Waals surface area contributed by atoms with Crippen molar-refractivity contribution in [3.63, 3.8) is 0 Å². The lowest BCUT2D eigenvalue weighted by Crippen LogP contribution is -2.55. The number of nitrogens with zero attached hydrogens (tertiary/aromatic N) is 1. The van der Waals surface area contributed by atoms with Gasteiger partial charge in [-0.05, 0) is 13.3 Å². The summed E-state index contributed by atoms with van der Waals surface area (Å²) in [5.41, 5.74) is 1.03. The lowest BCUT2D eigenvalue weighted by Gasteiger charge is -2.34. The lowest BCUT2D eigenvalue weighted by molar-refractivity contribution is 0.0900. The highest BCUT2D eigenvalue weighted by molar-refractivity contribution is 5.75. The maximum absolute atomic E-state index is 12.3. The molecule has 2 amide bonds. The second-order valence-corrected chi connectivity index (χ2v) is 3.44. The fourth-order valence-corrected chi connectivity index (χ4v) is 1.09. The van der Waals surface area contributed by atoms with Crippen LogP contribution in [0.25, 0.3) is 0 Å². The van der Waals surface area contributed by atoms with E-state index in [-0.39, 0.29) is 19.1 Å². The molecule has 13 heavy (non-hydrogen) atoms. The summed E-state index contributed by atoms with van der Waals surface area (Å²) in [5.74, 6) is 0. The third kappa shape index (κ3) is 3.05. The first kappa shape index (κ1) is 10.0. The average Bonchev–Trinajstić information content (AvgIpc) is 1.97. The Hall–Kier alpha value is -1.06. The molecule has 0 radical (unpaired) electrons. The van der Waals surface area contributed by atoms with Gasteiger partial charge in [0.15, 0.2) is 0 Å². The summed E-state index contributed by atoms with van der Waals surface area (Å²) in [7, 11) is 0. The predicted molar refractivity (Wildman–Crippen MR) is 49.3 cm³/mol. The van der Waals surface area contributed by atoms with Crippen molar-refractivity contribution in [2.45, 2.75) is 19.5 Å². The van der Waals surface area contributed by atoms with E-state index in [0.717, 1.165) is 12.0 Å². The van der Waals surface area contributed by atoms with Crippen LogP contribution in [0.2, 0.25) is 0 Å². The van der Waals surface area contributed by atoms with Gasteiger partial charge in [-0.15, -0.1) is 6.58 Å². The summed E-state index contributed by atoms with van der Waals surface area (Å²) < 4.78 is 12.3. The number of likely N-dealkylation sites (tertiary alicyclic amines) is 1. The number of alkyl halides is 1. The number of rotatable bonds is 3. The molecule has 0 aromatic heterocycles. The fraction of sp³-hybridized carbons (Fsp3) is 0.667. The Morgan fingerprint density at radius 1 is 1.69 bits per heavy atom. The van der Waals surface area contributed by atoms with Crippen molar-refractivity contribution in [1.82, 2.24) is 10.2 Å². The van der Waals surface area contributed by atoms with Gasteiger partial charge >= 0.3 is 6.03 Å². The van der Waals surface area contributed by atoms with Crippen molar-refractivity contribution in [2.75, 3.05) is 19.6 Å². The minimum atomic E-state index is -0.827. The van der Waals surface area contributed by atoms with Crippen LogP contribution in [-0.4, -0.2) is 36.7 Å². The highest BCUT2D eigenvalue weighted by Crippen LogP contribution is 2.10. The maximum atomic E-state index is 12.3. The van der Waals surface area contributed by atoms with E-state index in [1.54, 1.807) is 0 Å². The minimum Gasteiger partial charge on any atom is -0.338 e. The lowest BCUT2D eigenvalue weighted by atomic mass is 10.2. The van der Waals surface area contributed by atoms with Gasteiger partial charge in [-0.3, -0.25) is 0 Å². The van der Waals surface area contributed by atoms with Crippen LogP contribution < -0.4 is 5.32 Å². The highest BCUT2D eigenvalue weighted by Gasteiger charge is 2.29. The van der Waals surface area contributed by atoms with E-state index in [2.05, 4.69) is 11.9 Å². The Morgan fingerprint density at radius 3 is 2.77 bits per heavy atom. The molecule has 1 aliphatic rings. The second kappa shape index (κ2) is 4.25. The fourth-order valence-electron chi connectivity index (χ4n) is 1.09. The van der Waals surface area contributed by atoms with Gasteiger partial charge in [-0.25, -0.2) is 9.18 Å². The van der Waals surface area contributed by atoms with Gasteiger partial charge in [-0.2, -0.15) is 0 Å². The number of amides is 2.